The summed E-state index contributed by atoms with van der Waals surface area (Å²) >= 11 is 0. The lowest BCUT2D eigenvalue weighted by atomic mass is 10.1. The molecular weight excluding hydrogens is 224 g/mol. The second-order valence-electron chi connectivity index (χ2n) is 4.86. The van der Waals surface area contributed by atoms with Gasteiger partial charge in [-0.05, 0) is 50.6 Å². The summed E-state index contributed by atoms with van der Waals surface area (Å²) in [6.45, 7) is 6.00. The molecule has 2 rings (SSSR count). The minimum Gasteiger partial charge on any atom is -0.491 e. The molecule has 0 bridgehead atoms. The fourth-order valence-electron chi connectivity index (χ4n) is 2.31. The number of nitriles is 1. The highest BCUT2D eigenvalue weighted by Crippen LogP contribution is 2.19. The first kappa shape index (κ1) is 12.9. The molecule has 0 N–H and O–H groups in total. The van der Waals surface area contributed by atoms with Gasteiger partial charge in [0.15, 0.2) is 0 Å². The molecule has 0 amide bonds. The van der Waals surface area contributed by atoms with Crippen LogP contribution in [-0.4, -0.2) is 31.1 Å². The molecular formula is C15H20N2O. The van der Waals surface area contributed by atoms with E-state index in [0.717, 1.165) is 17.9 Å². The van der Waals surface area contributed by atoms with Crippen LogP contribution in [0.15, 0.2) is 18.2 Å². The van der Waals surface area contributed by atoms with E-state index in [1.165, 1.54) is 32.4 Å². The minimum absolute atomic E-state index is 0.624. The van der Waals surface area contributed by atoms with Gasteiger partial charge < -0.3 is 4.74 Å². The Morgan fingerprint density at radius 2 is 2.06 bits per heavy atom. The fraction of sp³-hybridized carbons (Fsp3) is 0.533. The molecule has 1 fully saturated rings. The zero-order chi connectivity index (χ0) is 12.8. The first-order valence-electron chi connectivity index (χ1n) is 6.65. The van der Waals surface area contributed by atoms with Crippen LogP contribution in [0.1, 0.15) is 30.4 Å². The van der Waals surface area contributed by atoms with E-state index in [-0.39, 0.29) is 0 Å². The van der Waals surface area contributed by atoms with Crippen LogP contribution in [0.3, 0.4) is 0 Å². The van der Waals surface area contributed by atoms with Crippen molar-refractivity contribution in [1.29, 1.82) is 5.26 Å². The van der Waals surface area contributed by atoms with Gasteiger partial charge in [-0.3, -0.25) is 4.90 Å². The molecule has 1 heterocycles. The number of piperidine rings is 1. The monoisotopic (exact) mass is 244 g/mol. The third-order valence-corrected chi connectivity index (χ3v) is 3.37. The molecule has 0 atom stereocenters. The third kappa shape index (κ3) is 3.48. The first-order chi connectivity index (χ1) is 8.79. The predicted molar refractivity (Wildman–Crippen MR) is 71.7 cm³/mol. The summed E-state index contributed by atoms with van der Waals surface area (Å²) in [5, 5.41) is 9.02. The van der Waals surface area contributed by atoms with E-state index >= 15 is 0 Å². The highest BCUT2D eigenvalue weighted by Gasteiger charge is 2.10. The molecule has 3 nitrogen and oxygen atoms in total. The van der Waals surface area contributed by atoms with Crippen LogP contribution in [0.4, 0.5) is 0 Å². The third-order valence-electron chi connectivity index (χ3n) is 3.37. The summed E-state index contributed by atoms with van der Waals surface area (Å²) in [4.78, 5) is 2.44. The van der Waals surface area contributed by atoms with Crippen LogP contribution < -0.4 is 4.74 Å². The zero-order valence-corrected chi connectivity index (χ0v) is 11.0. The minimum atomic E-state index is 0.624. The standard InChI is InChI=1S/C15H20N2O/c1-13-5-6-14(12-16)15(11-13)18-10-9-17-7-3-2-4-8-17/h5-6,11H,2-4,7-10H2,1H3. The number of rotatable bonds is 4. The Morgan fingerprint density at radius 1 is 1.28 bits per heavy atom. The second-order valence-corrected chi connectivity index (χ2v) is 4.86. The van der Waals surface area contributed by atoms with Crippen molar-refractivity contribution in [3.05, 3.63) is 29.3 Å². The van der Waals surface area contributed by atoms with E-state index in [2.05, 4.69) is 11.0 Å². The van der Waals surface area contributed by atoms with Crippen LogP contribution in [0.25, 0.3) is 0 Å². The van der Waals surface area contributed by atoms with E-state index in [0.29, 0.717) is 12.2 Å². The highest BCUT2D eigenvalue weighted by molar-refractivity contribution is 5.44. The smallest absolute Gasteiger partial charge is 0.137 e. The molecule has 0 unspecified atom stereocenters. The number of ether oxygens (including phenoxy) is 1. The summed E-state index contributed by atoms with van der Waals surface area (Å²) in [6.07, 6.45) is 3.95. The van der Waals surface area contributed by atoms with Gasteiger partial charge in [0.2, 0.25) is 0 Å². The Bertz CT molecular complexity index is 431. The molecule has 18 heavy (non-hydrogen) atoms. The SMILES string of the molecule is Cc1ccc(C#N)c(OCCN2CCCCC2)c1. The quantitative estimate of drug-likeness (QED) is 0.817. The summed E-state index contributed by atoms with van der Waals surface area (Å²) in [6, 6.07) is 7.88. The lowest BCUT2D eigenvalue weighted by Gasteiger charge is -2.26. The van der Waals surface area contributed by atoms with Crippen molar-refractivity contribution in [2.45, 2.75) is 26.2 Å². The van der Waals surface area contributed by atoms with Gasteiger partial charge in [0, 0.05) is 6.54 Å². The number of aryl methyl sites for hydroxylation is 1. The average Bonchev–Trinajstić information content (AvgIpc) is 2.40. The number of likely N-dealkylation sites (tertiary alicyclic amines) is 1. The maximum Gasteiger partial charge on any atom is 0.137 e. The van der Waals surface area contributed by atoms with Crippen LogP contribution in [0.2, 0.25) is 0 Å². The molecule has 3 heteroatoms. The van der Waals surface area contributed by atoms with Gasteiger partial charge in [-0.1, -0.05) is 12.5 Å². The van der Waals surface area contributed by atoms with E-state index in [4.69, 9.17) is 10.00 Å². The van der Waals surface area contributed by atoms with Gasteiger partial charge in [0.25, 0.3) is 0 Å². The summed E-state index contributed by atoms with van der Waals surface area (Å²) in [7, 11) is 0. The number of nitrogens with zero attached hydrogens (tertiary/aromatic N) is 2. The van der Waals surface area contributed by atoms with Crippen molar-refractivity contribution >= 4 is 0 Å². The molecule has 0 aromatic heterocycles. The van der Waals surface area contributed by atoms with Crippen molar-refractivity contribution in [3.63, 3.8) is 0 Å². The Morgan fingerprint density at radius 3 is 2.78 bits per heavy atom. The van der Waals surface area contributed by atoms with Gasteiger partial charge >= 0.3 is 0 Å². The summed E-state index contributed by atoms with van der Waals surface area (Å²) in [5.74, 6) is 0.717. The molecule has 96 valence electrons. The fourth-order valence-corrected chi connectivity index (χ4v) is 2.31. The Kier molecular flexibility index (Phi) is 4.60. The lowest BCUT2D eigenvalue weighted by molar-refractivity contribution is 0.183. The van der Waals surface area contributed by atoms with Crippen LogP contribution in [0.5, 0.6) is 5.75 Å². The Hall–Kier alpha value is -1.53. The van der Waals surface area contributed by atoms with E-state index in [9.17, 15) is 0 Å². The topological polar surface area (TPSA) is 36.3 Å². The van der Waals surface area contributed by atoms with Gasteiger partial charge in [-0.15, -0.1) is 0 Å². The van der Waals surface area contributed by atoms with Gasteiger partial charge in [0.1, 0.15) is 18.4 Å². The molecule has 1 aliphatic rings. The average molecular weight is 244 g/mol. The summed E-state index contributed by atoms with van der Waals surface area (Å²) < 4.78 is 5.75. The first-order valence-corrected chi connectivity index (χ1v) is 6.65. The Labute approximate surface area is 109 Å². The predicted octanol–water partition coefficient (Wildman–Crippen LogP) is 2.73. The molecule has 1 saturated heterocycles. The second kappa shape index (κ2) is 6.42. The molecule has 0 saturated carbocycles. The van der Waals surface area contributed by atoms with Crippen molar-refractivity contribution in [2.75, 3.05) is 26.2 Å². The lowest BCUT2D eigenvalue weighted by Crippen LogP contribution is -2.33. The number of benzene rings is 1. The van der Waals surface area contributed by atoms with E-state index in [1.807, 2.05) is 25.1 Å². The molecule has 1 aromatic rings. The largest absolute Gasteiger partial charge is 0.491 e. The zero-order valence-electron chi connectivity index (χ0n) is 11.0. The van der Waals surface area contributed by atoms with Crippen molar-refractivity contribution in [2.24, 2.45) is 0 Å². The van der Waals surface area contributed by atoms with Crippen molar-refractivity contribution < 1.29 is 4.74 Å². The Balaban J connectivity index is 1.86. The van der Waals surface area contributed by atoms with Gasteiger partial charge in [-0.2, -0.15) is 5.26 Å². The maximum atomic E-state index is 9.02. The van der Waals surface area contributed by atoms with Crippen molar-refractivity contribution in [3.8, 4) is 11.8 Å². The normalized spacial score (nSPS) is 16.2. The van der Waals surface area contributed by atoms with Crippen molar-refractivity contribution in [1.82, 2.24) is 4.90 Å². The van der Waals surface area contributed by atoms with Crippen LogP contribution in [-0.2, 0) is 0 Å². The molecule has 0 radical (unpaired) electrons. The molecule has 0 aliphatic carbocycles. The van der Waals surface area contributed by atoms with Gasteiger partial charge in [0.05, 0.1) is 5.56 Å². The highest BCUT2D eigenvalue weighted by atomic mass is 16.5. The molecule has 1 aromatic carbocycles. The number of hydrogen-bond donors (Lipinski definition) is 0. The van der Waals surface area contributed by atoms with Crippen LogP contribution in [0, 0.1) is 18.3 Å². The van der Waals surface area contributed by atoms with E-state index < -0.39 is 0 Å². The van der Waals surface area contributed by atoms with Gasteiger partial charge in [-0.25, -0.2) is 0 Å². The molecule has 0 spiro atoms. The molecule has 1 aliphatic heterocycles. The number of hydrogen-bond acceptors (Lipinski definition) is 3. The summed E-state index contributed by atoms with van der Waals surface area (Å²) in [5.41, 5.74) is 1.75. The van der Waals surface area contributed by atoms with Crippen LogP contribution >= 0.6 is 0 Å². The van der Waals surface area contributed by atoms with E-state index in [1.54, 1.807) is 0 Å². The maximum absolute atomic E-state index is 9.02.